The molecule has 1 aromatic carbocycles. The number of carbonyl (C=O) groups excluding carboxylic acids is 2. The zero-order chi connectivity index (χ0) is 12.3. The highest BCUT2D eigenvalue weighted by Gasteiger charge is 2.26. The number of nitrogens with zero attached hydrogens (tertiary/aromatic N) is 1. The summed E-state index contributed by atoms with van der Waals surface area (Å²) in [4.78, 5) is 31.9. The molecule has 0 aliphatic heterocycles. The Morgan fingerprint density at radius 1 is 1.56 bits per heavy atom. The molecule has 0 aromatic heterocycles. The minimum absolute atomic E-state index is 0.0448. The van der Waals surface area contributed by atoms with Gasteiger partial charge in [0.25, 0.3) is 5.69 Å². The van der Waals surface area contributed by atoms with Crippen molar-refractivity contribution in [2.75, 3.05) is 0 Å². The van der Waals surface area contributed by atoms with Gasteiger partial charge in [-0.3, -0.25) is 19.7 Å². The Morgan fingerprint density at radius 2 is 2.19 bits per heavy atom. The predicted molar refractivity (Wildman–Crippen MR) is 57.8 cm³/mol. The molecule has 1 aromatic rings. The maximum atomic E-state index is 11.1. The molecule has 0 amide bonds. The Bertz CT molecular complexity index is 458. The first-order chi connectivity index (χ1) is 7.49. The van der Waals surface area contributed by atoms with Gasteiger partial charge in [0, 0.05) is 11.6 Å². The van der Waals surface area contributed by atoms with E-state index in [2.05, 4.69) is 0 Å². The Morgan fingerprint density at radius 3 is 2.62 bits per heavy atom. The first-order valence-electron chi connectivity index (χ1n) is 4.36. The lowest BCUT2D eigenvalue weighted by atomic mass is 10.0. The van der Waals surface area contributed by atoms with Crippen LogP contribution in [0.25, 0.3) is 0 Å². The van der Waals surface area contributed by atoms with Crippen molar-refractivity contribution in [3.63, 3.8) is 0 Å². The number of nitro groups is 1. The Balaban J connectivity index is 3.47. The first-order valence-corrected chi connectivity index (χ1v) is 4.79. The van der Waals surface area contributed by atoms with Gasteiger partial charge in [-0.2, -0.15) is 0 Å². The van der Waals surface area contributed by atoms with E-state index in [1.54, 1.807) is 0 Å². The average molecular weight is 242 g/mol. The number of aldehydes is 1. The van der Waals surface area contributed by atoms with Crippen LogP contribution in [0.1, 0.15) is 28.2 Å². The van der Waals surface area contributed by atoms with Gasteiger partial charge in [0.2, 0.25) is 0 Å². The van der Waals surface area contributed by atoms with E-state index in [1.807, 2.05) is 0 Å². The number of benzene rings is 1. The molecule has 0 spiro atoms. The number of halogens is 1. The highest BCUT2D eigenvalue weighted by molar-refractivity contribution is 6.31. The van der Waals surface area contributed by atoms with Crippen molar-refractivity contribution in [3.8, 4) is 0 Å². The van der Waals surface area contributed by atoms with Crippen LogP contribution in [0.3, 0.4) is 0 Å². The van der Waals surface area contributed by atoms with Gasteiger partial charge in [-0.05, 0) is 6.92 Å². The van der Waals surface area contributed by atoms with Crippen LogP contribution in [-0.4, -0.2) is 17.0 Å². The van der Waals surface area contributed by atoms with Crippen LogP contribution in [0.4, 0.5) is 5.69 Å². The van der Waals surface area contributed by atoms with Crippen LogP contribution >= 0.6 is 11.6 Å². The van der Waals surface area contributed by atoms with Gasteiger partial charge in [-0.1, -0.05) is 12.1 Å². The number of alkyl halides is 1. The summed E-state index contributed by atoms with van der Waals surface area (Å²) >= 11 is 5.76. The zero-order valence-corrected chi connectivity index (χ0v) is 9.10. The molecule has 1 atom stereocenters. The standard InChI is InChI=1S/C10H8ClNO4/c1-6(14)10(11)9-7(5-13)3-2-4-8(9)12(15)16/h2-5,10H,1H3. The van der Waals surface area contributed by atoms with Gasteiger partial charge >= 0.3 is 0 Å². The lowest BCUT2D eigenvalue weighted by Gasteiger charge is -2.08. The van der Waals surface area contributed by atoms with Crippen LogP contribution < -0.4 is 0 Å². The van der Waals surface area contributed by atoms with Gasteiger partial charge in [0.05, 0.1) is 10.5 Å². The molecule has 0 fully saturated rings. The first kappa shape index (κ1) is 12.3. The maximum Gasteiger partial charge on any atom is 0.275 e. The summed E-state index contributed by atoms with van der Waals surface area (Å²) < 4.78 is 0. The zero-order valence-electron chi connectivity index (χ0n) is 8.34. The molecule has 0 saturated heterocycles. The average Bonchev–Trinajstić information content (AvgIpc) is 2.26. The van der Waals surface area contributed by atoms with Crippen LogP contribution in [0.2, 0.25) is 0 Å². The van der Waals surface area contributed by atoms with Crippen molar-refractivity contribution >= 4 is 29.4 Å². The van der Waals surface area contributed by atoms with Crippen molar-refractivity contribution in [2.24, 2.45) is 0 Å². The number of hydrogen-bond donors (Lipinski definition) is 0. The second-order valence-electron chi connectivity index (χ2n) is 3.13. The molecule has 0 radical (unpaired) electrons. The second-order valence-corrected chi connectivity index (χ2v) is 3.56. The number of carbonyl (C=O) groups is 2. The van der Waals surface area contributed by atoms with Crippen molar-refractivity contribution in [3.05, 3.63) is 39.4 Å². The number of ketones is 1. The third-order valence-corrected chi connectivity index (χ3v) is 2.58. The van der Waals surface area contributed by atoms with E-state index in [0.717, 1.165) is 0 Å². The summed E-state index contributed by atoms with van der Waals surface area (Å²) in [6, 6.07) is 3.96. The number of hydrogen-bond acceptors (Lipinski definition) is 4. The Labute approximate surface area is 96.2 Å². The molecule has 0 N–H and O–H groups in total. The van der Waals surface area contributed by atoms with E-state index >= 15 is 0 Å². The summed E-state index contributed by atoms with van der Waals surface area (Å²) in [6.45, 7) is 1.21. The van der Waals surface area contributed by atoms with Crippen molar-refractivity contribution < 1.29 is 14.5 Å². The maximum absolute atomic E-state index is 11.1. The largest absolute Gasteiger partial charge is 0.298 e. The third kappa shape index (κ3) is 2.25. The fourth-order valence-corrected chi connectivity index (χ4v) is 1.55. The molecule has 1 rings (SSSR count). The number of Topliss-reactive ketones (excluding diaryl/α,β-unsaturated/α-hetero) is 1. The monoisotopic (exact) mass is 241 g/mol. The second kappa shape index (κ2) is 4.85. The summed E-state index contributed by atoms with van der Waals surface area (Å²) in [6.07, 6.45) is 0.445. The van der Waals surface area contributed by atoms with Crippen molar-refractivity contribution in [1.82, 2.24) is 0 Å². The van der Waals surface area contributed by atoms with E-state index in [9.17, 15) is 19.7 Å². The SMILES string of the molecule is CC(=O)C(Cl)c1c(C=O)cccc1[N+](=O)[O-]. The minimum atomic E-state index is -1.18. The summed E-state index contributed by atoms with van der Waals surface area (Å²) in [7, 11) is 0. The van der Waals surface area contributed by atoms with E-state index in [-0.39, 0.29) is 16.8 Å². The van der Waals surface area contributed by atoms with Gasteiger partial charge in [0.1, 0.15) is 5.38 Å². The molecule has 16 heavy (non-hydrogen) atoms. The highest BCUT2D eigenvalue weighted by Crippen LogP contribution is 2.32. The molecule has 0 heterocycles. The molecular formula is C10H8ClNO4. The van der Waals surface area contributed by atoms with Crippen LogP contribution in [-0.2, 0) is 4.79 Å². The summed E-state index contributed by atoms with van der Waals surface area (Å²) in [5, 5.41) is 9.56. The number of nitro benzene ring substituents is 1. The van der Waals surface area contributed by atoms with E-state index in [4.69, 9.17) is 11.6 Å². The van der Waals surface area contributed by atoms with Crippen LogP contribution in [0.15, 0.2) is 18.2 Å². The molecule has 0 aliphatic rings. The van der Waals surface area contributed by atoms with Gasteiger partial charge in [-0.25, -0.2) is 0 Å². The third-order valence-electron chi connectivity index (χ3n) is 2.05. The van der Waals surface area contributed by atoms with Crippen molar-refractivity contribution in [2.45, 2.75) is 12.3 Å². The lowest BCUT2D eigenvalue weighted by Crippen LogP contribution is -2.08. The quantitative estimate of drug-likeness (QED) is 0.351. The van der Waals surface area contributed by atoms with E-state index in [1.165, 1.54) is 25.1 Å². The lowest BCUT2D eigenvalue weighted by molar-refractivity contribution is -0.385. The summed E-state index contributed by atoms with van der Waals surface area (Å²) in [5.41, 5.74) is -0.305. The molecule has 0 saturated carbocycles. The van der Waals surface area contributed by atoms with Gasteiger partial charge < -0.3 is 0 Å². The summed E-state index contributed by atoms with van der Waals surface area (Å²) in [5.74, 6) is -0.445. The molecule has 84 valence electrons. The van der Waals surface area contributed by atoms with E-state index < -0.39 is 16.1 Å². The van der Waals surface area contributed by atoms with Crippen molar-refractivity contribution in [1.29, 1.82) is 0 Å². The predicted octanol–water partition coefficient (Wildman–Crippen LogP) is 2.28. The van der Waals surface area contributed by atoms with E-state index in [0.29, 0.717) is 6.29 Å². The minimum Gasteiger partial charge on any atom is -0.298 e. The molecule has 1 unspecified atom stereocenters. The molecule has 0 bridgehead atoms. The Hall–Kier alpha value is -1.75. The molecular weight excluding hydrogens is 234 g/mol. The van der Waals surface area contributed by atoms with Crippen LogP contribution in [0, 0.1) is 10.1 Å². The topological polar surface area (TPSA) is 77.3 Å². The fraction of sp³-hybridized carbons (Fsp3) is 0.200. The molecule has 0 aliphatic carbocycles. The van der Waals surface area contributed by atoms with Gasteiger partial charge in [-0.15, -0.1) is 11.6 Å². The smallest absolute Gasteiger partial charge is 0.275 e. The molecule has 5 nitrogen and oxygen atoms in total. The van der Waals surface area contributed by atoms with Gasteiger partial charge in [0.15, 0.2) is 12.1 Å². The normalized spacial score (nSPS) is 11.9. The number of rotatable bonds is 4. The Kier molecular flexibility index (Phi) is 3.73. The highest BCUT2D eigenvalue weighted by atomic mass is 35.5. The molecule has 6 heteroatoms. The van der Waals surface area contributed by atoms with Crippen LogP contribution in [0.5, 0.6) is 0 Å². The fourth-order valence-electron chi connectivity index (χ4n) is 1.31.